The predicted molar refractivity (Wildman–Crippen MR) is 97.7 cm³/mol. The van der Waals surface area contributed by atoms with Gasteiger partial charge in [0, 0.05) is 24.9 Å². The maximum Gasteiger partial charge on any atom is 0.237 e. The minimum atomic E-state index is -3.74. The predicted octanol–water partition coefficient (Wildman–Crippen LogP) is 2.07. The van der Waals surface area contributed by atoms with Crippen molar-refractivity contribution >= 4 is 21.6 Å². The summed E-state index contributed by atoms with van der Waals surface area (Å²) in [5.41, 5.74) is 1.20. The number of ether oxygens (including phenoxy) is 1. The summed E-state index contributed by atoms with van der Waals surface area (Å²) in [4.78, 5) is 11.7. The lowest BCUT2D eigenvalue weighted by molar-refractivity contribution is -0.120. The van der Waals surface area contributed by atoms with Crippen molar-refractivity contribution in [1.82, 2.24) is 5.32 Å². The molecule has 0 saturated carbocycles. The highest BCUT2D eigenvalue weighted by Crippen LogP contribution is 2.16. The van der Waals surface area contributed by atoms with Crippen LogP contribution in [0.25, 0.3) is 0 Å². The van der Waals surface area contributed by atoms with Crippen LogP contribution in [0.15, 0.2) is 48.5 Å². The number of methoxy groups -OCH3 is 1. The Balaban J connectivity index is 1.93. The highest BCUT2D eigenvalue weighted by molar-refractivity contribution is 7.91. The summed E-state index contributed by atoms with van der Waals surface area (Å²) in [7, 11) is -2.19. The summed E-state index contributed by atoms with van der Waals surface area (Å²) in [5, 5.41) is 2.71. The van der Waals surface area contributed by atoms with E-state index >= 15 is 0 Å². The monoisotopic (exact) mass is 380 g/mol. The lowest BCUT2D eigenvalue weighted by Crippen LogP contribution is -2.28. The standard InChI is InChI=1S/C18H21FN2O4S/c1-25-11-10-20-18(22)12-14-6-8-16(9-7-14)21-26(23,24)13-15-4-2-3-5-17(15)19/h2-9,21H,10-13H2,1H3,(H,20,22). The van der Waals surface area contributed by atoms with E-state index in [0.717, 1.165) is 5.56 Å². The number of rotatable bonds is 9. The fraction of sp³-hybridized carbons (Fsp3) is 0.278. The topological polar surface area (TPSA) is 84.5 Å². The second-order valence-corrected chi connectivity index (χ2v) is 7.39. The van der Waals surface area contributed by atoms with Gasteiger partial charge in [-0.05, 0) is 23.8 Å². The number of halogens is 1. The molecule has 0 aromatic heterocycles. The van der Waals surface area contributed by atoms with Gasteiger partial charge in [-0.15, -0.1) is 0 Å². The van der Waals surface area contributed by atoms with Crippen LogP contribution in [0, 0.1) is 5.82 Å². The van der Waals surface area contributed by atoms with E-state index < -0.39 is 21.6 Å². The van der Waals surface area contributed by atoms with Crippen LogP contribution < -0.4 is 10.0 Å². The summed E-state index contributed by atoms with van der Waals surface area (Å²) in [6.45, 7) is 0.873. The van der Waals surface area contributed by atoms with E-state index in [-0.39, 0.29) is 17.9 Å². The summed E-state index contributed by atoms with van der Waals surface area (Å²) in [6.07, 6.45) is 0.186. The SMILES string of the molecule is COCCNC(=O)Cc1ccc(NS(=O)(=O)Cc2ccccc2F)cc1. The fourth-order valence-electron chi connectivity index (χ4n) is 2.27. The van der Waals surface area contributed by atoms with Crippen molar-refractivity contribution in [2.45, 2.75) is 12.2 Å². The Bertz CT molecular complexity index is 839. The number of benzene rings is 2. The van der Waals surface area contributed by atoms with Gasteiger partial charge in [0.1, 0.15) is 5.82 Å². The zero-order chi connectivity index (χ0) is 19.0. The Labute approximate surface area is 152 Å². The molecule has 2 N–H and O–H groups in total. The van der Waals surface area contributed by atoms with Crippen LogP contribution in [0.2, 0.25) is 0 Å². The first-order valence-electron chi connectivity index (χ1n) is 7.98. The first-order chi connectivity index (χ1) is 12.4. The normalized spacial score (nSPS) is 11.2. The Hall–Kier alpha value is -2.45. The van der Waals surface area contributed by atoms with Crippen LogP contribution in [0.5, 0.6) is 0 Å². The van der Waals surface area contributed by atoms with E-state index in [1.54, 1.807) is 37.4 Å². The number of carbonyl (C=O) groups is 1. The van der Waals surface area contributed by atoms with Crippen molar-refractivity contribution < 1.29 is 22.3 Å². The van der Waals surface area contributed by atoms with Gasteiger partial charge in [-0.1, -0.05) is 30.3 Å². The molecule has 0 fully saturated rings. The van der Waals surface area contributed by atoms with E-state index in [0.29, 0.717) is 18.8 Å². The molecule has 0 radical (unpaired) electrons. The minimum absolute atomic E-state index is 0.101. The number of hydrogen-bond acceptors (Lipinski definition) is 4. The largest absolute Gasteiger partial charge is 0.383 e. The van der Waals surface area contributed by atoms with Crippen molar-refractivity contribution in [2.24, 2.45) is 0 Å². The molecule has 0 unspecified atom stereocenters. The molecule has 26 heavy (non-hydrogen) atoms. The van der Waals surface area contributed by atoms with Crippen molar-refractivity contribution in [1.29, 1.82) is 0 Å². The number of hydrogen-bond donors (Lipinski definition) is 2. The molecule has 8 heteroatoms. The first-order valence-corrected chi connectivity index (χ1v) is 9.63. The average molecular weight is 380 g/mol. The van der Waals surface area contributed by atoms with Crippen LogP contribution in [0.1, 0.15) is 11.1 Å². The molecule has 1 amide bonds. The third-order valence-electron chi connectivity index (χ3n) is 3.52. The third kappa shape index (κ3) is 6.45. The second-order valence-electron chi connectivity index (χ2n) is 5.67. The lowest BCUT2D eigenvalue weighted by Gasteiger charge is -2.10. The van der Waals surface area contributed by atoms with Crippen LogP contribution >= 0.6 is 0 Å². The van der Waals surface area contributed by atoms with Gasteiger partial charge in [-0.2, -0.15) is 0 Å². The maximum atomic E-state index is 13.6. The van der Waals surface area contributed by atoms with Gasteiger partial charge >= 0.3 is 0 Å². The molecule has 6 nitrogen and oxygen atoms in total. The summed E-state index contributed by atoms with van der Waals surface area (Å²) in [5.74, 6) is -1.16. The average Bonchev–Trinajstić information content (AvgIpc) is 2.58. The Morgan fingerprint density at radius 3 is 2.46 bits per heavy atom. The number of carbonyl (C=O) groups excluding carboxylic acids is 1. The van der Waals surface area contributed by atoms with Gasteiger partial charge in [0.05, 0.1) is 18.8 Å². The van der Waals surface area contributed by atoms with Gasteiger partial charge < -0.3 is 10.1 Å². The van der Waals surface area contributed by atoms with Gasteiger partial charge in [0.2, 0.25) is 15.9 Å². The molecule has 0 spiro atoms. The molecule has 0 bridgehead atoms. The lowest BCUT2D eigenvalue weighted by atomic mass is 10.1. The van der Waals surface area contributed by atoms with Crippen LogP contribution in [-0.4, -0.2) is 34.6 Å². The van der Waals surface area contributed by atoms with Crippen molar-refractivity contribution in [3.63, 3.8) is 0 Å². The summed E-state index contributed by atoms with van der Waals surface area (Å²) in [6, 6.07) is 12.2. The van der Waals surface area contributed by atoms with E-state index in [9.17, 15) is 17.6 Å². The number of amides is 1. The van der Waals surface area contributed by atoms with E-state index in [1.807, 2.05) is 0 Å². The van der Waals surface area contributed by atoms with Gasteiger partial charge in [-0.25, -0.2) is 12.8 Å². The minimum Gasteiger partial charge on any atom is -0.383 e. The molecule has 2 aromatic carbocycles. The number of sulfonamides is 1. The molecule has 0 heterocycles. The van der Waals surface area contributed by atoms with Gasteiger partial charge in [0.15, 0.2) is 0 Å². The van der Waals surface area contributed by atoms with Crippen molar-refractivity contribution in [3.05, 3.63) is 65.5 Å². The maximum absolute atomic E-state index is 13.6. The van der Waals surface area contributed by atoms with E-state index in [1.165, 1.54) is 18.2 Å². The van der Waals surface area contributed by atoms with E-state index in [4.69, 9.17) is 4.74 Å². The molecular formula is C18H21FN2O4S. The Morgan fingerprint density at radius 1 is 1.12 bits per heavy atom. The van der Waals surface area contributed by atoms with Crippen LogP contribution in [0.4, 0.5) is 10.1 Å². The number of nitrogens with one attached hydrogen (secondary N) is 2. The molecule has 0 saturated heterocycles. The van der Waals surface area contributed by atoms with Crippen molar-refractivity contribution in [2.75, 3.05) is 25.0 Å². The third-order valence-corrected chi connectivity index (χ3v) is 4.76. The first kappa shape index (κ1) is 19.9. The highest BCUT2D eigenvalue weighted by Gasteiger charge is 2.14. The number of anilines is 1. The molecule has 0 aliphatic carbocycles. The fourth-order valence-corrected chi connectivity index (χ4v) is 3.48. The zero-order valence-corrected chi connectivity index (χ0v) is 15.2. The van der Waals surface area contributed by atoms with E-state index in [2.05, 4.69) is 10.0 Å². The Morgan fingerprint density at radius 2 is 1.81 bits per heavy atom. The van der Waals surface area contributed by atoms with Gasteiger partial charge in [0.25, 0.3) is 0 Å². The smallest absolute Gasteiger partial charge is 0.237 e. The zero-order valence-electron chi connectivity index (χ0n) is 14.4. The van der Waals surface area contributed by atoms with Gasteiger partial charge in [-0.3, -0.25) is 9.52 Å². The van der Waals surface area contributed by atoms with Crippen LogP contribution in [0.3, 0.4) is 0 Å². The molecule has 0 aliphatic heterocycles. The quantitative estimate of drug-likeness (QED) is 0.653. The second kappa shape index (κ2) is 9.30. The molecule has 0 aliphatic rings. The summed E-state index contributed by atoms with van der Waals surface area (Å²) < 4.78 is 45.2. The molecule has 2 rings (SSSR count). The molecule has 0 atom stereocenters. The Kier molecular flexibility index (Phi) is 7.11. The van der Waals surface area contributed by atoms with Crippen LogP contribution in [-0.2, 0) is 31.7 Å². The van der Waals surface area contributed by atoms with Crippen molar-refractivity contribution in [3.8, 4) is 0 Å². The molecular weight excluding hydrogens is 359 g/mol. The summed E-state index contributed by atoms with van der Waals surface area (Å²) >= 11 is 0. The molecule has 2 aromatic rings. The highest BCUT2D eigenvalue weighted by atomic mass is 32.2. The molecule has 140 valence electrons.